The Balaban J connectivity index is 1.08. The van der Waals surface area contributed by atoms with Crippen LogP contribution >= 0.6 is 0 Å². The third-order valence-corrected chi connectivity index (χ3v) is 16.5. The Bertz CT molecular complexity index is 4320. The Morgan fingerprint density at radius 2 is 0.684 bits per heavy atom. The molecule has 0 spiro atoms. The van der Waals surface area contributed by atoms with Crippen molar-refractivity contribution in [2.75, 3.05) is 9.80 Å². The van der Waals surface area contributed by atoms with Crippen molar-refractivity contribution in [3.8, 4) is 61.3 Å². The van der Waals surface area contributed by atoms with E-state index in [1.54, 1.807) is 0 Å². The highest BCUT2D eigenvalue weighted by molar-refractivity contribution is 7.00. The minimum absolute atomic E-state index is 0.122. The average molecular weight is 1010 g/mol. The van der Waals surface area contributed by atoms with Crippen LogP contribution in [0.2, 0.25) is 0 Å². The van der Waals surface area contributed by atoms with Crippen LogP contribution in [0.25, 0.3) is 83.1 Å². The van der Waals surface area contributed by atoms with E-state index < -0.39 is 0 Å². The Morgan fingerprint density at radius 3 is 1.15 bits per heavy atom. The van der Waals surface area contributed by atoms with Crippen molar-refractivity contribution in [2.45, 2.75) is 20.8 Å². The highest BCUT2D eigenvalue weighted by atomic mass is 15.2. The van der Waals surface area contributed by atoms with E-state index in [1.165, 1.54) is 116 Å². The number of hydrogen-bond acceptors (Lipinski definition) is 2. The summed E-state index contributed by atoms with van der Waals surface area (Å²) in [5, 5.41) is 2.49. The standard InChI is InChI=1S/C75H54BN3/c1-49-38-50(2)74(51(3)39-49)60-46-72-75-73(47-60)79(63-44-58(54-26-12-6-13-27-54)41-59(45-63)55-28-14-7-15-29-55)71-37-36-61(77-68-33-19-16-30-64(68)65-31-17-20-34-69(65)77)48-67(71)76(75)66-32-18-21-35-70(66)78(72)62-42-56(52-22-8-4-9-23-52)40-57(43-62)53-24-10-5-11-25-53/h4-48H,1-3H3. The molecule has 3 heterocycles. The zero-order valence-corrected chi connectivity index (χ0v) is 44.4. The summed E-state index contributed by atoms with van der Waals surface area (Å²) >= 11 is 0. The molecule has 4 heteroatoms. The quantitative estimate of drug-likeness (QED) is 0.141. The molecule has 15 rings (SSSR count). The van der Waals surface area contributed by atoms with E-state index in [4.69, 9.17) is 0 Å². The van der Waals surface area contributed by atoms with E-state index in [1.807, 2.05) is 0 Å². The average Bonchev–Trinajstić information content (AvgIpc) is 3.92. The van der Waals surface area contributed by atoms with Gasteiger partial charge in [0.25, 0.3) is 6.71 Å². The number of para-hydroxylation sites is 3. The number of aromatic nitrogens is 1. The van der Waals surface area contributed by atoms with Crippen molar-refractivity contribution in [1.82, 2.24) is 4.57 Å². The van der Waals surface area contributed by atoms with Crippen LogP contribution in [0.1, 0.15) is 16.7 Å². The monoisotopic (exact) mass is 1010 g/mol. The van der Waals surface area contributed by atoms with Crippen molar-refractivity contribution in [2.24, 2.45) is 0 Å². The summed E-state index contributed by atoms with van der Waals surface area (Å²) in [6.45, 7) is 6.65. The molecule has 0 N–H and O–H groups in total. The molecule has 13 aromatic rings. The predicted molar refractivity (Wildman–Crippen MR) is 336 cm³/mol. The molecule has 0 saturated heterocycles. The van der Waals surface area contributed by atoms with Gasteiger partial charge in [-0.25, -0.2) is 0 Å². The number of fused-ring (bicyclic) bond motifs is 7. The zero-order valence-electron chi connectivity index (χ0n) is 44.4. The summed E-state index contributed by atoms with van der Waals surface area (Å²) in [6.07, 6.45) is 0. The van der Waals surface area contributed by atoms with Gasteiger partial charge in [-0.15, -0.1) is 0 Å². The van der Waals surface area contributed by atoms with Crippen LogP contribution in [0, 0.1) is 20.8 Å². The molecule has 0 bridgehead atoms. The molecule has 12 aromatic carbocycles. The molecule has 3 nitrogen and oxygen atoms in total. The fourth-order valence-corrected chi connectivity index (χ4v) is 13.3. The first-order chi connectivity index (χ1) is 38.9. The Kier molecular flexibility index (Phi) is 11.0. The van der Waals surface area contributed by atoms with E-state index in [-0.39, 0.29) is 6.71 Å². The van der Waals surface area contributed by atoms with Crippen LogP contribution < -0.4 is 26.2 Å². The van der Waals surface area contributed by atoms with Crippen molar-refractivity contribution in [1.29, 1.82) is 0 Å². The van der Waals surface area contributed by atoms with Gasteiger partial charge >= 0.3 is 0 Å². The molecule has 2 aliphatic rings. The smallest absolute Gasteiger partial charge is 0.252 e. The van der Waals surface area contributed by atoms with Gasteiger partial charge < -0.3 is 14.4 Å². The van der Waals surface area contributed by atoms with Gasteiger partial charge in [-0.1, -0.05) is 194 Å². The summed E-state index contributed by atoms with van der Waals surface area (Å²) in [7, 11) is 0. The molecule has 372 valence electrons. The van der Waals surface area contributed by atoms with Crippen LogP contribution in [-0.2, 0) is 0 Å². The lowest BCUT2D eigenvalue weighted by atomic mass is 9.33. The SMILES string of the molecule is Cc1cc(C)c(-c2cc3c4c(c2)N(c2cc(-c5ccccc5)cc(-c5ccccc5)c2)c2ccc(-n5c6ccccc6c6ccccc65)cc2B4c2ccccc2N3c2cc(-c3ccccc3)cc(-c3ccccc3)c2)c(C)c1. The van der Waals surface area contributed by atoms with E-state index in [2.05, 4.69) is 308 Å². The minimum atomic E-state index is -0.122. The number of aryl methyl sites for hydroxylation is 3. The number of benzene rings is 12. The largest absolute Gasteiger partial charge is 0.311 e. The van der Waals surface area contributed by atoms with Crippen LogP contribution in [0.3, 0.4) is 0 Å². The maximum atomic E-state index is 2.60. The molecule has 79 heavy (non-hydrogen) atoms. The lowest BCUT2D eigenvalue weighted by molar-refractivity contribution is 1.18. The van der Waals surface area contributed by atoms with E-state index in [0.29, 0.717) is 0 Å². The fourth-order valence-electron chi connectivity index (χ4n) is 13.3. The number of rotatable bonds is 8. The van der Waals surface area contributed by atoms with Crippen LogP contribution in [0.15, 0.2) is 273 Å². The van der Waals surface area contributed by atoms with Gasteiger partial charge in [0.2, 0.25) is 0 Å². The normalized spacial score (nSPS) is 12.4. The third-order valence-electron chi connectivity index (χ3n) is 16.5. The molecule has 1 aromatic heterocycles. The Labute approximate surface area is 462 Å². The number of hydrogen-bond donors (Lipinski definition) is 0. The molecule has 0 aliphatic carbocycles. The molecule has 0 atom stereocenters. The second kappa shape index (κ2) is 18.7. The molecule has 0 amide bonds. The molecular formula is C75H54BN3. The van der Waals surface area contributed by atoms with Crippen LogP contribution in [0.4, 0.5) is 34.1 Å². The molecule has 0 unspecified atom stereocenters. The van der Waals surface area contributed by atoms with Crippen molar-refractivity contribution < 1.29 is 0 Å². The summed E-state index contributed by atoms with van der Waals surface area (Å²) in [5.41, 5.74) is 29.8. The molecular weight excluding hydrogens is 954 g/mol. The van der Waals surface area contributed by atoms with Crippen LogP contribution in [-0.4, -0.2) is 11.3 Å². The Hall–Kier alpha value is -9.90. The van der Waals surface area contributed by atoms with Crippen molar-refractivity contribution in [3.63, 3.8) is 0 Å². The highest BCUT2D eigenvalue weighted by Gasteiger charge is 2.44. The number of nitrogens with zero attached hydrogens (tertiary/aromatic N) is 3. The topological polar surface area (TPSA) is 11.4 Å². The summed E-state index contributed by atoms with van der Waals surface area (Å²) < 4.78 is 2.47. The van der Waals surface area contributed by atoms with Gasteiger partial charge in [-0.05, 0) is 189 Å². The second-order valence-corrected chi connectivity index (χ2v) is 21.5. The third kappa shape index (κ3) is 7.74. The Morgan fingerprint density at radius 1 is 0.278 bits per heavy atom. The maximum absolute atomic E-state index is 2.60. The van der Waals surface area contributed by atoms with E-state index in [0.717, 1.165) is 33.9 Å². The number of anilines is 6. The lowest BCUT2D eigenvalue weighted by Gasteiger charge is -2.45. The molecule has 0 fully saturated rings. The summed E-state index contributed by atoms with van der Waals surface area (Å²) in [6, 6.07) is 102. The van der Waals surface area contributed by atoms with Gasteiger partial charge in [0.15, 0.2) is 0 Å². The summed E-state index contributed by atoms with van der Waals surface area (Å²) in [4.78, 5) is 5.19. The predicted octanol–water partition coefficient (Wildman–Crippen LogP) is 18.1. The minimum Gasteiger partial charge on any atom is -0.311 e. The van der Waals surface area contributed by atoms with E-state index in [9.17, 15) is 0 Å². The van der Waals surface area contributed by atoms with Crippen LogP contribution in [0.5, 0.6) is 0 Å². The van der Waals surface area contributed by atoms with Crippen molar-refractivity contribution in [3.05, 3.63) is 290 Å². The highest BCUT2D eigenvalue weighted by Crippen LogP contribution is 2.49. The van der Waals surface area contributed by atoms with E-state index >= 15 is 0 Å². The van der Waals surface area contributed by atoms with Gasteiger partial charge in [-0.3, -0.25) is 0 Å². The van der Waals surface area contributed by atoms with Gasteiger partial charge in [-0.2, -0.15) is 0 Å². The summed E-state index contributed by atoms with van der Waals surface area (Å²) in [5.74, 6) is 0. The second-order valence-electron chi connectivity index (χ2n) is 21.5. The van der Waals surface area contributed by atoms with Gasteiger partial charge in [0.1, 0.15) is 0 Å². The maximum Gasteiger partial charge on any atom is 0.252 e. The van der Waals surface area contributed by atoms with Crippen molar-refractivity contribution >= 4 is 79.0 Å². The first-order valence-corrected chi connectivity index (χ1v) is 27.5. The van der Waals surface area contributed by atoms with Gasteiger partial charge in [0.05, 0.1) is 11.0 Å². The first-order valence-electron chi connectivity index (χ1n) is 27.5. The first kappa shape index (κ1) is 46.4. The van der Waals surface area contributed by atoms with Gasteiger partial charge in [0, 0.05) is 50.6 Å². The zero-order chi connectivity index (χ0) is 52.7. The lowest BCUT2D eigenvalue weighted by Crippen LogP contribution is -2.61. The molecule has 2 aliphatic heterocycles. The molecule has 0 radical (unpaired) electrons. The molecule has 0 saturated carbocycles. The fraction of sp³-hybridized carbons (Fsp3) is 0.0400.